The van der Waals surface area contributed by atoms with Crippen LogP contribution in [-0.2, 0) is 7.05 Å². The summed E-state index contributed by atoms with van der Waals surface area (Å²) in [6, 6.07) is 17.9. The van der Waals surface area contributed by atoms with Crippen molar-refractivity contribution in [3.63, 3.8) is 0 Å². The van der Waals surface area contributed by atoms with Gasteiger partial charge in [-0.2, -0.15) is 10.1 Å². The Balaban J connectivity index is 1.38. The predicted octanol–water partition coefficient (Wildman–Crippen LogP) is 4.40. The molecule has 0 fully saturated rings. The SMILES string of the molecule is Cn1ncc2cc(Nc3nccc(Nc4cnc5ccccc5c4)n3)ccc21. The first-order valence-corrected chi connectivity index (χ1v) is 8.88. The van der Waals surface area contributed by atoms with E-state index < -0.39 is 0 Å². The van der Waals surface area contributed by atoms with Gasteiger partial charge >= 0.3 is 0 Å². The van der Waals surface area contributed by atoms with Gasteiger partial charge in [0.1, 0.15) is 5.82 Å². The Morgan fingerprint density at radius 3 is 2.68 bits per heavy atom. The molecule has 3 aromatic heterocycles. The fourth-order valence-corrected chi connectivity index (χ4v) is 3.15. The summed E-state index contributed by atoms with van der Waals surface area (Å²) in [5.74, 6) is 1.21. The number of rotatable bonds is 4. The van der Waals surface area contributed by atoms with Crippen LogP contribution in [0.15, 0.2) is 73.2 Å². The second-order valence-electron chi connectivity index (χ2n) is 6.47. The van der Waals surface area contributed by atoms with Crippen molar-refractivity contribution in [3.05, 3.63) is 73.2 Å². The first kappa shape index (κ1) is 16.2. The number of pyridine rings is 1. The lowest BCUT2D eigenvalue weighted by atomic mass is 10.2. The van der Waals surface area contributed by atoms with Crippen molar-refractivity contribution in [1.29, 1.82) is 0 Å². The molecule has 5 rings (SSSR count). The smallest absolute Gasteiger partial charge is 0.229 e. The van der Waals surface area contributed by atoms with E-state index in [1.54, 1.807) is 12.4 Å². The summed E-state index contributed by atoms with van der Waals surface area (Å²) in [4.78, 5) is 13.3. The summed E-state index contributed by atoms with van der Waals surface area (Å²) >= 11 is 0. The first-order valence-electron chi connectivity index (χ1n) is 8.88. The van der Waals surface area contributed by atoms with Gasteiger partial charge in [-0.25, -0.2) is 4.98 Å². The Hall–Kier alpha value is -4.00. The summed E-state index contributed by atoms with van der Waals surface area (Å²) in [5.41, 5.74) is 3.82. The quantitative estimate of drug-likeness (QED) is 0.490. The van der Waals surface area contributed by atoms with Crippen LogP contribution in [0.5, 0.6) is 0 Å². The van der Waals surface area contributed by atoms with Gasteiger partial charge in [0.25, 0.3) is 0 Å². The summed E-state index contributed by atoms with van der Waals surface area (Å²) in [7, 11) is 1.93. The molecule has 0 radical (unpaired) electrons. The van der Waals surface area contributed by atoms with Crippen LogP contribution in [0.3, 0.4) is 0 Å². The molecule has 2 N–H and O–H groups in total. The minimum absolute atomic E-state index is 0.516. The average molecular weight is 367 g/mol. The molecule has 0 amide bonds. The number of hydrogen-bond donors (Lipinski definition) is 2. The van der Waals surface area contributed by atoms with E-state index in [1.807, 2.05) is 72.5 Å². The molecule has 0 aliphatic carbocycles. The van der Waals surface area contributed by atoms with Crippen LogP contribution in [-0.4, -0.2) is 24.7 Å². The second kappa shape index (κ2) is 6.62. The lowest BCUT2D eigenvalue weighted by Gasteiger charge is -2.09. The zero-order valence-electron chi connectivity index (χ0n) is 15.2. The number of benzene rings is 2. The fourth-order valence-electron chi connectivity index (χ4n) is 3.15. The summed E-state index contributed by atoms with van der Waals surface area (Å²) < 4.78 is 1.84. The molecule has 0 saturated heterocycles. The number of aromatic nitrogens is 5. The van der Waals surface area contributed by atoms with Gasteiger partial charge in [-0.05, 0) is 36.4 Å². The van der Waals surface area contributed by atoms with Gasteiger partial charge in [-0.3, -0.25) is 9.67 Å². The van der Waals surface area contributed by atoms with Crippen LogP contribution in [0.25, 0.3) is 21.8 Å². The Bertz CT molecular complexity index is 1290. The molecular weight excluding hydrogens is 350 g/mol. The summed E-state index contributed by atoms with van der Waals surface area (Å²) in [6.45, 7) is 0. The highest BCUT2D eigenvalue weighted by Gasteiger charge is 2.05. The predicted molar refractivity (Wildman–Crippen MR) is 111 cm³/mol. The van der Waals surface area contributed by atoms with Crippen molar-refractivity contribution >= 4 is 44.9 Å². The van der Waals surface area contributed by atoms with E-state index in [0.717, 1.165) is 33.2 Å². The summed E-state index contributed by atoms with van der Waals surface area (Å²) in [6.07, 6.45) is 5.36. The third kappa shape index (κ3) is 3.09. The number of hydrogen-bond acceptors (Lipinski definition) is 6. The molecule has 7 nitrogen and oxygen atoms in total. The Labute approximate surface area is 161 Å². The zero-order valence-corrected chi connectivity index (χ0v) is 15.2. The molecule has 2 aromatic carbocycles. The maximum absolute atomic E-state index is 4.55. The molecule has 0 saturated carbocycles. The normalized spacial score (nSPS) is 11.0. The van der Waals surface area contributed by atoms with E-state index in [1.165, 1.54) is 0 Å². The highest BCUT2D eigenvalue weighted by molar-refractivity contribution is 5.83. The molecule has 0 spiro atoms. The number of nitrogens with one attached hydrogen (secondary N) is 2. The Morgan fingerprint density at radius 1 is 0.821 bits per heavy atom. The maximum Gasteiger partial charge on any atom is 0.229 e. The van der Waals surface area contributed by atoms with Crippen LogP contribution in [0.2, 0.25) is 0 Å². The van der Waals surface area contributed by atoms with Gasteiger partial charge in [0, 0.05) is 29.7 Å². The van der Waals surface area contributed by atoms with Gasteiger partial charge in [-0.1, -0.05) is 18.2 Å². The van der Waals surface area contributed by atoms with E-state index >= 15 is 0 Å². The van der Waals surface area contributed by atoms with E-state index in [2.05, 4.69) is 30.7 Å². The third-order valence-electron chi connectivity index (χ3n) is 4.52. The number of nitrogens with zero attached hydrogens (tertiary/aromatic N) is 5. The van der Waals surface area contributed by atoms with E-state index in [-0.39, 0.29) is 0 Å². The number of anilines is 4. The van der Waals surface area contributed by atoms with E-state index in [9.17, 15) is 0 Å². The van der Waals surface area contributed by atoms with E-state index in [4.69, 9.17) is 0 Å². The van der Waals surface area contributed by atoms with Crippen LogP contribution >= 0.6 is 0 Å². The molecular formula is C21H17N7. The molecule has 7 heteroatoms. The van der Waals surface area contributed by atoms with Gasteiger partial charge in [0.05, 0.1) is 29.1 Å². The Morgan fingerprint density at radius 2 is 1.71 bits per heavy atom. The number of aryl methyl sites for hydroxylation is 1. The number of fused-ring (bicyclic) bond motifs is 2. The van der Waals surface area contributed by atoms with Crippen molar-refractivity contribution in [1.82, 2.24) is 24.7 Å². The van der Waals surface area contributed by atoms with Crippen molar-refractivity contribution in [3.8, 4) is 0 Å². The molecule has 5 aromatic rings. The van der Waals surface area contributed by atoms with Crippen molar-refractivity contribution in [2.45, 2.75) is 0 Å². The van der Waals surface area contributed by atoms with Crippen LogP contribution in [0, 0.1) is 0 Å². The largest absolute Gasteiger partial charge is 0.339 e. The molecule has 0 bridgehead atoms. The summed E-state index contributed by atoms with van der Waals surface area (Å²) in [5, 5.41) is 12.9. The van der Waals surface area contributed by atoms with Crippen LogP contribution in [0.1, 0.15) is 0 Å². The molecule has 0 unspecified atom stereocenters. The molecule has 0 atom stereocenters. The molecule has 136 valence electrons. The maximum atomic E-state index is 4.55. The first-order chi connectivity index (χ1) is 13.7. The average Bonchev–Trinajstić information content (AvgIpc) is 3.08. The van der Waals surface area contributed by atoms with Gasteiger partial charge in [0.2, 0.25) is 5.95 Å². The minimum Gasteiger partial charge on any atom is -0.339 e. The number of para-hydroxylation sites is 1. The van der Waals surface area contributed by atoms with Crippen LogP contribution < -0.4 is 10.6 Å². The zero-order chi connectivity index (χ0) is 18.9. The van der Waals surface area contributed by atoms with E-state index in [0.29, 0.717) is 11.8 Å². The monoisotopic (exact) mass is 367 g/mol. The second-order valence-corrected chi connectivity index (χ2v) is 6.47. The standard InChI is InChI=1S/C21H17N7/c1-28-19-7-6-16(11-15(19)12-24-28)26-21-22-9-8-20(27-21)25-17-10-14-4-2-3-5-18(14)23-13-17/h2-13H,1H3,(H2,22,25,26,27). The molecule has 28 heavy (non-hydrogen) atoms. The molecule has 0 aliphatic heterocycles. The lowest BCUT2D eigenvalue weighted by molar-refractivity contribution is 0.797. The van der Waals surface area contributed by atoms with Crippen molar-refractivity contribution in [2.75, 3.05) is 10.6 Å². The van der Waals surface area contributed by atoms with Crippen LogP contribution in [0.4, 0.5) is 23.1 Å². The molecule has 0 aliphatic rings. The third-order valence-corrected chi connectivity index (χ3v) is 4.52. The van der Waals surface area contributed by atoms with Gasteiger partial charge < -0.3 is 10.6 Å². The van der Waals surface area contributed by atoms with Gasteiger partial charge in [0.15, 0.2) is 0 Å². The topological polar surface area (TPSA) is 80.5 Å². The highest BCUT2D eigenvalue weighted by Crippen LogP contribution is 2.22. The highest BCUT2D eigenvalue weighted by atomic mass is 15.2. The fraction of sp³-hybridized carbons (Fsp3) is 0.0476. The van der Waals surface area contributed by atoms with Crippen molar-refractivity contribution < 1.29 is 0 Å². The lowest BCUT2D eigenvalue weighted by Crippen LogP contribution is -2.00. The Kier molecular flexibility index (Phi) is 3.83. The minimum atomic E-state index is 0.516. The van der Waals surface area contributed by atoms with Gasteiger partial charge in [-0.15, -0.1) is 0 Å². The molecule has 3 heterocycles. The van der Waals surface area contributed by atoms with Crippen molar-refractivity contribution in [2.24, 2.45) is 7.05 Å².